The third-order valence-corrected chi connectivity index (χ3v) is 3.67. The van der Waals surface area contributed by atoms with Gasteiger partial charge in [-0.2, -0.15) is 0 Å². The maximum absolute atomic E-state index is 5.96. The minimum atomic E-state index is 0.411. The fraction of sp³-hybridized carbons (Fsp3) is 0.846. The Morgan fingerprint density at radius 3 is 2.80 bits per heavy atom. The molecule has 0 radical (unpaired) electrons. The van der Waals surface area contributed by atoms with Crippen LogP contribution < -0.4 is 5.32 Å². The van der Waals surface area contributed by atoms with E-state index in [1.807, 2.05) is 0 Å². The number of nitrogens with one attached hydrogen (secondary N) is 1. The first-order valence-corrected chi connectivity index (χ1v) is 6.33. The molecule has 0 saturated carbocycles. The average molecular weight is 209 g/mol. The Hall–Kier alpha value is -0.340. The van der Waals surface area contributed by atoms with Gasteiger partial charge in [0, 0.05) is 0 Å². The minimum Gasteiger partial charge on any atom is -0.373 e. The van der Waals surface area contributed by atoms with Crippen LogP contribution in [-0.2, 0) is 4.74 Å². The maximum atomic E-state index is 5.96. The van der Waals surface area contributed by atoms with Gasteiger partial charge in [0.25, 0.3) is 0 Å². The van der Waals surface area contributed by atoms with Crippen LogP contribution in [0.2, 0.25) is 0 Å². The molecule has 0 aromatic carbocycles. The topological polar surface area (TPSA) is 21.3 Å². The zero-order valence-electron chi connectivity index (χ0n) is 9.96. The highest BCUT2D eigenvalue weighted by Gasteiger charge is 2.30. The van der Waals surface area contributed by atoms with Crippen molar-refractivity contribution in [1.29, 1.82) is 0 Å². The van der Waals surface area contributed by atoms with Crippen LogP contribution in [0.25, 0.3) is 0 Å². The zero-order chi connectivity index (χ0) is 10.7. The molecule has 0 aromatic rings. The first-order chi connectivity index (χ1) is 7.31. The quantitative estimate of drug-likeness (QED) is 0.721. The molecule has 15 heavy (non-hydrogen) atoms. The van der Waals surface area contributed by atoms with Gasteiger partial charge in [0.05, 0.1) is 18.2 Å². The van der Waals surface area contributed by atoms with Crippen molar-refractivity contribution < 1.29 is 4.74 Å². The van der Waals surface area contributed by atoms with Gasteiger partial charge in [-0.05, 0) is 52.5 Å². The fourth-order valence-corrected chi connectivity index (χ4v) is 2.83. The van der Waals surface area contributed by atoms with Crippen LogP contribution in [0.4, 0.5) is 0 Å². The second kappa shape index (κ2) is 5.13. The maximum Gasteiger partial charge on any atom is 0.0770 e. The molecule has 2 nitrogen and oxygen atoms in total. The largest absolute Gasteiger partial charge is 0.373 e. The molecule has 0 spiro atoms. The third-order valence-electron chi connectivity index (χ3n) is 3.67. The van der Waals surface area contributed by atoms with Gasteiger partial charge in [-0.15, -0.1) is 0 Å². The van der Waals surface area contributed by atoms with Gasteiger partial charge < -0.3 is 10.1 Å². The van der Waals surface area contributed by atoms with E-state index in [0.717, 1.165) is 0 Å². The predicted molar refractivity (Wildman–Crippen MR) is 63.0 cm³/mol. The number of likely N-dealkylation sites (N-methyl/N-ethyl adjacent to an activating group) is 1. The lowest BCUT2D eigenvalue weighted by atomic mass is 9.90. The summed E-state index contributed by atoms with van der Waals surface area (Å²) in [7, 11) is 2.06. The molecule has 0 bridgehead atoms. The Kier molecular flexibility index (Phi) is 3.81. The highest BCUT2D eigenvalue weighted by Crippen LogP contribution is 2.29. The van der Waals surface area contributed by atoms with E-state index in [0.29, 0.717) is 18.2 Å². The average Bonchev–Trinajstić information content (AvgIpc) is 2.68. The van der Waals surface area contributed by atoms with Gasteiger partial charge in [0.15, 0.2) is 0 Å². The van der Waals surface area contributed by atoms with Gasteiger partial charge in [0.2, 0.25) is 0 Å². The normalized spacial score (nSPS) is 33.9. The molecule has 3 unspecified atom stereocenters. The Bertz CT molecular complexity index is 237. The molecule has 86 valence electrons. The summed E-state index contributed by atoms with van der Waals surface area (Å²) >= 11 is 0. The lowest BCUT2D eigenvalue weighted by Gasteiger charge is -2.28. The summed E-state index contributed by atoms with van der Waals surface area (Å²) in [5.74, 6) is 0. The summed E-state index contributed by atoms with van der Waals surface area (Å²) in [6.45, 7) is 2.18. The fourth-order valence-electron chi connectivity index (χ4n) is 2.83. The number of allylic oxidation sites excluding steroid dienone is 1. The SMILES string of the molecule is CNC(C1=CCCCC1)C1CCC(C)O1. The van der Waals surface area contributed by atoms with Gasteiger partial charge in [0.1, 0.15) is 0 Å². The van der Waals surface area contributed by atoms with Crippen molar-refractivity contribution >= 4 is 0 Å². The number of hydrogen-bond donors (Lipinski definition) is 1. The molecule has 0 amide bonds. The summed E-state index contributed by atoms with van der Waals surface area (Å²) < 4.78 is 5.96. The van der Waals surface area contributed by atoms with Crippen LogP contribution in [0, 0.1) is 0 Å². The first-order valence-electron chi connectivity index (χ1n) is 6.33. The van der Waals surface area contributed by atoms with Crippen LogP contribution >= 0.6 is 0 Å². The zero-order valence-corrected chi connectivity index (χ0v) is 9.96. The summed E-state index contributed by atoms with van der Waals surface area (Å²) in [5, 5.41) is 3.44. The highest BCUT2D eigenvalue weighted by molar-refractivity contribution is 5.15. The van der Waals surface area contributed by atoms with Crippen LogP contribution in [0.5, 0.6) is 0 Å². The molecule has 1 N–H and O–H groups in total. The molecule has 3 atom stereocenters. The van der Waals surface area contributed by atoms with Crippen molar-refractivity contribution in [2.24, 2.45) is 0 Å². The number of hydrogen-bond acceptors (Lipinski definition) is 2. The van der Waals surface area contributed by atoms with Crippen molar-refractivity contribution in [3.63, 3.8) is 0 Å². The van der Waals surface area contributed by atoms with E-state index in [1.165, 1.54) is 38.5 Å². The lowest BCUT2D eigenvalue weighted by Crippen LogP contribution is -2.39. The van der Waals surface area contributed by atoms with E-state index in [9.17, 15) is 0 Å². The molecule has 2 heteroatoms. The van der Waals surface area contributed by atoms with Gasteiger partial charge in [-0.25, -0.2) is 0 Å². The molecule has 1 aliphatic heterocycles. The Labute approximate surface area is 93.1 Å². The van der Waals surface area contributed by atoms with E-state index in [4.69, 9.17) is 4.74 Å². The van der Waals surface area contributed by atoms with E-state index in [-0.39, 0.29) is 0 Å². The second-order valence-corrected chi connectivity index (χ2v) is 4.85. The van der Waals surface area contributed by atoms with Gasteiger partial charge in [-0.1, -0.05) is 11.6 Å². The first kappa shape index (κ1) is 11.2. The lowest BCUT2D eigenvalue weighted by molar-refractivity contribution is 0.0402. The third kappa shape index (κ3) is 2.61. The van der Waals surface area contributed by atoms with Crippen LogP contribution in [0.15, 0.2) is 11.6 Å². The monoisotopic (exact) mass is 209 g/mol. The molecule has 1 heterocycles. The van der Waals surface area contributed by atoms with Crippen molar-refractivity contribution in [2.45, 2.75) is 63.7 Å². The number of ether oxygens (including phenoxy) is 1. The van der Waals surface area contributed by atoms with Crippen LogP contribution in [-0.4, -0.2) is 25.3 Å². The molecule has 0 aromatic heterocycles. The van der Waals surface area contributed by atoms with E-state index in [2.05, 4.69) is 25.4 Å². The van der Waals surface area contributed by atoms with Crippen LogP contribution in [0.1, 0.15) is 45.4 Å². The molecule has 1 aliphatic carbocycles. The van der Waals surface area contributed by atoms with E-state index < -0.39 is 0 Å². The van der Waals surface area contributed by atoms with Crippen LogP contribution in [0.3, 0.4) is 0 Å². The van der Waals surface area contributed by atoms with E-state index >= 15 is 0 Å². The predicted octanol–water partition coefficient (Wildman–Crippen LogP) is 2.64. The van der Waals surface area contributed by atoms with Crippen molar-refractivity contribution in [2.75, 3.05) is 7.05 Å². The van der Waals surface area contributed by atoms with Crippen molar-refractivity contribution in [1.82, 2.24) is 5.32 Å². The van der Waals surface area contributed by atoms with Gasteiger partial charge >= 0.3 is 0 Å². The Morgan fingerprint density at radius 1 is 1.40 bits per heavy atom. The van der Waals surface area contributed by atoms with Crippen molar-refractivity contribution in [3.8, 4) is 0 Å². The second-order valence-electron chi connectivity index (χ2n) is 4.85. The standard InChI is InChI=1S/C13H23NO/c1-10-8-9-12(15-10)13(14-2)11-6-4-3-5-7-11/h6,10,12-14H,3-5,7-9H2,1-2H3. The molecule has 2 rings (SSSR count). The minimum absolute atomic E-state index is 0.411. The van der Waals surface area contributed by atoms with Gasteiger partial charge in [-0.3, -0.25) is 0 Å². The smallest absolute Gasteiger partial charge is 0.0770 e. The summed E-state index contributed by atoms with van der Waals surface area (Å²) in [6, 6.07) is 0.468. The molecular formula is C13H23NO. The highest BCUT2D eigenvalue weighted by atomic mass is 16.5. The Morgan fingerprint density at radius 2 is 2.27 bits per heavy atom. The summed E-state index contributed by atoms with van der Waals surface area (Å²) in [6.07, 6.45) is 11.0. The molecule has 1 saturated heterocycles. The van der Waals surface area contributed by atoms with E-state index in [1.54, 1.807) is 5.57 Å². The number of rotatable bonds is 3. The molecular weight excluding hydrogens is 186 g/mol. The molecule has 2 aliphatic rings. The van der Waals surface area contributed by atoms with Crippen molar-refractivity contribution in [3.05, 3.63) is 11.6 Å². The molecule has 1 fully saturated rings. The summed E-state index contributed by atoms with van der Waals surface area (Å²) in [5.41, 5.74) is 1.59. The summed E-state index contributed by atoms with van der Waals surface area (Å²) in [4.78, 5) is 0. The Balaban J connectivity index is 1.99.